The largest absolute Gasteiger partial charge is 0.310 e. The van der Waals surface area contributed by atoms with E-state index in [2.05, 4.69) is 17.3 Å². The Bertz CT molecular complexity index is 493. The molecular formula is C11H22N4O2S. The summed E-state index contributed by atoms with van der Waals surface area (Å²) in [4.78, 5) is 0. The van der Waals surface area contributed by atoms with Crippen LogP contribution < -0.4 is 10.5 Å². The topological polar surface area (TPSA) is 90.0 Å². The van der Waals surface area contributed by atoms with Gasteiger partial charge in [0.1, 0.15) is 0 Å². The number of hydrogen-bond acceptors (Lipinski definition) is 4. The van der Waals surface area contributed by atoms with Crippen molar-refractivity contribution >= 4 is 10.0 Å². The van der Waals surface area contributed by atoms with E-state index in [4.69, 9.17) is 5.14 Å². The van der Waals surface area contributed by atoms with Gasteiger partial charge in [0.05, 0.1) is 6.20 Å². The van der Waals surface area contributed by atoms with Crippen molar-refractivity contribution < 1.29 is 8.42 Å². The number of hydrogen-bond donors (Lipinski definition) is 2. The smallest absolute Gasteiger partial charge is 0.255 e. The maximum atomic E-state index is 11.6. The molecule has 18 heavy (non-hydrogen) atoms. The van der Waals surface area contributed by atoms with Gasteiger partial charge < -0.3 is 5.32 Å². The van der Waals surface area contributed by atoms with E-state index in [0.717, 1.165) is 6.42 Å². The van der Waals surface area contributed by atoms with Crippen molar-refractivity contribution in [2.75, 3.05) is 0 Å². The zero-order valence-electron chi connectivity index (χ0n) is 11.3. The van der Waals surface area contributed by atoms with Crippen molar-refractivity contribution in [2.45, 2.75) is 57.8 Å². The summed E-state index contributed by atoms with van der Waals surface area (Å²) in [6.07, 6.45) is 2.54. The van der Waals surface area contributed by atoms with Crippen LogP contribution >= 0.6 is 0 Å². The first-order valence-electron chi connectivity index (χ1n) is 6.10. The first kappa shape index (κ1) is 15.1. The van der Waals surface area contributed by atoms with E-state index in [-0.39, 0.29) is 11.1 Å². The maximum Gasteiger partial charge on any atom is 0.255 e. The van der Waals surface area contributed by atoms with Gasteiger partial charge in [0, 0.05) is 24.2 Å². The molecule has 0 radical (unpaired) electrons. The molecule has 0 aromatic carbocycles. The molecule has 0 aliphatic carbocycles. The van der Waals surface area contributed by atoms with Gasteiger partial charge in [-0.3, -0.25) is 4.68 Å². The third-order valence-electron chi connectivity index (χ3n) is 2.83. The van der Waals surface area contributed by atoms with E-state index in [1.807, 2.05) is 20.8 Å². The van der Waals surface area contributed by atoms with Gasteiger partial charge in [-0.15, -0.1) is 0 Å². The predicted molar refractivity (Wildman–Crippen MR) is 70.6 cm³/mol. The SMILES string of the molecule is CCC(C)NCc1cnn(C(C)C)c1S(N)(=O)=O. The van der Waals surface area contributed by atoms with Crippen LogP contribution in [0.15, 0.2) is 11.2 Å². The van der Waals surface area contributed by atoms with Crippen molar-refractivity contribution in [3.8, 4) is 0 Å². The second kappa shape index (κ2) is 5.81. The molecule has 0 aliphatic rings. The molecule has 1 rings (SSSR count). The van der Waals surface area contributed by atoms with Crippen molar-refractivity contribution in [3.05, 3.63) is 11.8 Å². The lowest BCUT2D eigenvalue weighted by Crippen LogP contribution is -2.27. The number of rotatable bonds is 6. The lowest BCUT2D eigenvalue weighted by atomic mass is 10.2. The van der Waals surface area contributed by atoms with Crippen LogP contribution in [0.3, 0.4) is 0 Å². The Morgan fingerprint density at radius 2 is 2.06 bits per heavy atom. The van der Waals surface area contributed by atoms with Crippen molar-refractivity contribution in [1.82, 2.24) is 15.1 Å². The van der Waals surface area contributed by atoms with E-state index in [9.17, 15) is 8.42 Å². The summed E-state index contributed by atoms with van der Waals surface area (Å²) in [5.41, 5.74) is 0.617. The number of nitrogens with zero attached hydrogens (tertiary/aromatic N) is 2. The lowest BCUT2D eigenvalue weighted by molar-refractivity contribution is 0.471. The fraction of sp³-hybridized carbons (Fsp3) is 0.727. The molecule has 0 spiro atoms. The van der Waals surface area contributed by atoms with Gasteiger partial charge in [-0.2, -0.15) is 5.10 Å². The Hall–Kier alpha value is -0.920. The Kier molecular flexibility index (Phi) is 4.89. The van der Waals surface area contributed by atoms with Gasteiger partial charge >= 0.3 is 0 Å². The third-order valence-corrected chi connectivity index (χ3v) is 3.82. The molecule has 3 N–H and O–H groups in total. The summed E-state index contributed by atoms with van der Waals surface area (Å²) in [6.45, 7) is 8.30. The first-order valence-corrected chi connectivity index (χ1v) is 7.64. The van der Waals surface area contributed by atoms with E-state index in [0.29, 0.717) is 18.2 Å². The Morgan fingerprint density at radius 3 is 2.50 bits per heavy atom. The number of sulfonamides is 1. The fourth-order valence-electron chi connectivity index (χ4n) is 1.62. The van der Waals surface area contributed by atoms with E-state index < -0.39 is 10.0 Å². The van der Waals surface area contributed by atoms with Crippen LogP contribution in [0.5, 0.6) is 0 Å². The van der Waals surface area contributed by atoms with Crippen LogP contribution in [0, 0.1) is 0 Å². The van der Waals surface area contributed by atoms with Gasteiger partial charge in [-0.25, -0.2) is 13.6 Å². The van der Waals surface area contributed by atoms with E-state index in [1.165, 1.54) is 4.68 Å². The molecule has 0 saturated carbocycles. The highest BCUT2D eigenvalue weighted by Crippen LogP contribution is 2.18. The minimum Gasteiger partial charge on any atom is -0.310 e. The van der Waals surface area contributed by atoms with Crippen molar-refractivity contribution in [3.63, 3.8) is 0 Å². The van der Waals surface area contributed by atoms with Gasteiger partial charge in [0.2, 0.25) is 0 Å². The molecule has 1 unspecified atom stereocenters. The molecule has 6 nitrogen and oxygen atoms in total. The first-order chi connectivity index (χ1) is 8.27. The average Bonchev–Trinajstić information content (AvgIpc) is 2.69. The van der Waals surface area contributed by atoms with Gasteiger partial charge in [-0.1, -0.05) is 6.92 Å². The van der Waals surface area contributed by atoms with Gasteiger partial charge in [-0.05, 0) is 27.2 Å². The quantitative estimate of drug-likeness (QED) is 0.809. The van der Waals surface area contributed by atoms with Crippen molar-refractivity contribution in [2.24, 2.45) is 5.14 Å². The number of nitrogens with two attached hydrogens (primary N) is 1. The zero-order chi connectivity index (χ0) is 13.9. The van der Waals surface area contributed by atoms with Crippen LogP contribution in [0.1, 0.15) is 45.7 Å². The van der Waals surface area contributed by atoms with E-state index in [1.54, 1.807) is 6.20 Å². The predicted octanol–water partition coefficient (Wildman–Crippen LogP) is 1.000. The highest BCUT2D eigenvalue weighted by molar-refractivity contribution is 7.89. The minimum absolute atomic E-state index is 0.0457. The molecule has 0 saturated heterocycles. The molecule has 0 amide bonds. The summed E-state index contributed by atoms with van der Waals surface area (Å²) in [5.74, 6) is 0. The van der Waals surface area contributed by atoms with Crippen LogP contribution in [-0.4, -0.2) is 24.2 Å². The number of primary sulfonamides is 1. The molecular weight excluding hydrogens is 252 g/mol. The zero-order valence-corrected chi connectivity index (χ0v) is 12.2. The Morgan fingerprint density at radius 1 is 1.44 bits per heavy atom. The molecule has 104 valence electrons. The molecule has 1 atom stereocenters. The highest BCUT2D eigenvalue weighted by atomic mass is 32.2. The van der Waals surface area contributed by atoms with Gasteiger partial charge in [0.25, 0.3) is 10.0 Å². The minimum atomic E-state index is -3.76. The summed E-state index contributed by atoms with van der Waals surface area (Å²) in [5, 5.41) is 12.7. The second-order valence-corrected chi connectivity index (χ2v) is 6.23. The fourth-order valence-corrected chi connectivity index (χ4v) is 2.63. The van der Waals surface area contributed by atoms with Crippen LogP contribution in [0.2, 0.25) is 0 Å². The molecule has 0 aliphatic heterocycles. The molecule has 0 bridgehead atoms. The van der Waals surface area contributed by atoms with E-state index >= 15 is 0 Å². The second-order valence-electron chi connectivity index (χ2n) is 4.75. The average molecular weight is 274 g/mol. The standard InChI is InChI=1S/C11H22N4O2S/c1-5-9(4)13-6-10-7-14-15(8(2)3)11(10)18(12,16)17/h7-9,13H,5-6H2,1-4H3,(H2,12,16,17). The Labute approximate surface area is 109 Å². The summed E-state index contributed by atoms with van der Waals surface area (Å²) in [7, 11) is -3.76. The molecule has 0 fully saturated rings. The number of nitrogens with one attached hydrogen (secondary N) is 1. The maximum absolute atomic E-state index is 11.6. The van der Waals surface area contributed by atoms with Crippen molar-refractivity contribution in [1.29, 1.82) is 0 Å². The summed E-state index contributed by atoms with van der Waals surface area (Å²) in [6, 6.07) is 0.274. The van der Waals surface area contributed by atoms with Crippen LogP contribution in [0.4, 0.5) is 0 Å². The lowest BCUT2D eigenvalue weighted by Gasteiger charge is -2.13. The van der Waals surface area contributed by atoms with Gasteiger partial charge in [0.15, 0.2) is 5.03 Å². The molecule has 7 heteroatoms. The highest BCUT2D eigenvalue weighted by Gasteiger charge is 2.22. The summed E-state index contributed by atoms with van der Waals surface area (Å²) < 4.78 is 24.7. The monoisotopic (exact) mass is 274 g/mol. The molecule has 1 aromatic heterocycles. The third kappa shape index (κ3) is 3.54. The number of aromatic nitrogens is 2. The summed E-state index contributed by atoms with van der Waals surface area (Å²) >= 11 is 0. The Balaban J connectivity index is 3.06. The molecule has 1 heterocycles. The van der Waals surface area contributed by atoms with Crippen LogP contribution in [0.25, 0.3) is 0 Å². The van der Waals surface area contributed by atoms with Crippen LogP contribution in [-0.2, 0) is 16.6 Å². The molecule has 1 aromatic rings. The normalized spacial score (nSPS) is 14.1.